The van der Waals surface area contributed by atoms with E-state index in [-0.39, 0.29) is 5.82 Å². The Morgan fingerprint density at radius 1 is 1.45 bits per heavy atom. The van der Waals surface area contributed by atoms with Crippen molar-refractivity contribution in [2.24, 2.45) is 5.92 Å². The summed E-state index contributed by atoms with van der Waals surface area (Å²) in [4.78, 5) is 5.55. The number of hydrogen-bond acceptors (Lipinski definition) is 2. The maximum Gasteiger partial charge on any atom is 0.178 e. The van der Waals surface area contributed by atoms with E-state index in [0.717, 1.165) is 30.5 Å². The van der Waals surface area contributed by atoms with Gasteiger partial charge in [-0.05, 0) is 66.8 Å². The van der Waals surface area contributed by atoms with Crippen molar-refractivity contribution < 1.29 is 4.39 Å². The highest BCUT2D eigenvalue weighted by Crippen LogP contribution is 2.32. The standard InChI is InChI=1S/C14H17FIN3S/c1-8-7-18(2)4-3-12(8)19-13-5-9(15)10(16)6-11(13)17-14(19)20/h5-6,8,12H,3-4,7H2,1-2H3,(H,17,20). The van der Waals surface area contributed by atoms with Gasteiger partial charge in [-0.15, -0.1) is 0 Å². The van der Waals surface area contributed by atoms with Crippen LogP contribution in [0.4, 0.5) is 4.39 Å². The fourth-order valence-electron chi connectivity index (χ4n) is 3.18. The van der Waals surface area contributed by atoms with Crippen molar-refractivity contribution in [1.82, 2.24) is 14.5 Å². The van der Waals surface area contributed by atoms with Gasteiger partial charge in [-0.3, -0.25) is 0 Å². The fourth-order valence-corrected chi connectivity index (χ4v) is 3.99. The number of aromatic nitrogens is 2. The van der Waals surface area contributed by atoms with Crippen molar-refractivity contribution in [2.45, 2.75) is 19.4 Å². The molecule has 2 unspecified atom stereocenters. The molecule has 1 aromatic carbocycles. The number of rotatable bonds is 1. The minimum absolute atomic E-state index is 0.179. The lowest BCUT2D eigenvalue weighted by atomic mass is 9.94. The Kier molecular flexibility index (Phi) is 3.89. The first kappa shape index (κ1) is 14.5. The topological polar surface area (TPSA) is 24.0 Å². The molecule has 3 nitrogen and oxygen atoms in total. The normalized spacial score (nSPS) is 24.4. The molecule has 1 aliphatic heterocycles. The van der Waals surface area contributed by atoms with E-state index in [1.165, 1.54) is 0 Å². The average molecular weight is 405 g/mol. The molecule has 0 saturated carbocycles. The summed E-state index contributed by atoms with van der Waals surface area (Å²) in [5.41, 5.74) is 1.81. The molecule has 0 spiro atoms. The Balaban J connectivity index is 2.13. The number of H-pyrrole nitrogens is 1. The van der Waals surface area contributed by atoms with E-state index < -0.39 is 0 Å². The number of imidazole rings is 1. The van der Waals surface area contributed by atoms with Gasteiger partial charge in [0.25, 0.3) is 0 Å². The molecule has 0 bridgehead atoms. The van der Waals surface area contributed by atoms with Crippen molar-refractivity contribution in [3.63, 3.8) is 0 Å². The highest BCUT2D eigenvalue weighted by Gasteiger charge is 2.27. The molecule has 0 amide bonds. The number of fused-ring (bicyclic) bond motifs is 1. The molecule has 1 saturated heterocycles. The number of aromatic amines is 1. The molecule has 1 aromatic heterocycles. The minimum Gasteiger partial charge on any atom is -0.331 e. The molecule has 1 N–H and O–H groups in total. The Labute approximate surface area is 136 Å². The van der Waals surface area contributed by atoms with Crippen LogP contribution in [0.3, 0.4) is 0 Å². The van der Waals surface area contributed by atoms with Gasteiger partial charge in [0, 0.05) is 18.7 Å². The Morgan fingerprint density at radius 2 is 2.20 bits per heavy atom. The van der Waals surface area contributed by atoms with Gasteiger partial charge in [0.15, 0.2) is 4.77 Å². The van der Waals surface area contributed by atoms with E-state index in [1.54, 1.807) is 6.07 Å². The van der Waals surface area contributed by atoms with Crippen LogP contribution in [-0.2, 0) is 0 Å². The van der Waals surface area contributed by atoms with Crippen molar-refractivity contribution in [2.75, 3.05) is 20.1 Å². The van der Waals surface area contributed by atoms with E-state index in [9.17, 15) is 4.39 Å². The van der Waals surface area contributed by atoms with Crippen LogP contribution in [0.25, 0.3) is 11.0 Å². The molecule has 108 valence electrons. The summed E-state index contributed by atoms with van der Waals surface area (Å²) < 4.78 is 17.3. The highest BCUT2D eigenvalue weighted by molar-refractivity contribution is 14.1. The minimum atomic E-state index is -0.179. The van der Waals surface area contributed by atoms with Crippen LogP contribution in [0.2, 0.25) is 0 Å². The van der Waals surface area contributed by atoms with Crippen molar-refractivity contribution in [1.29, 1.82) is 0 Å². The average Bonchev–Trinajstić information content (AvgIpc) is 2.66. The second-order valence-corrected chi connectivity index (χ2v) is 7.23. The third-order valence-electron chi connectivity index (χ3n) is 4.15. The number of benzene rings is 1. The second-order valence-electron chi connectivity index (χ2n) is 5.68. The molecule has 1 fully saturated rings. The quantitative estimate of drug-likeness (QED) is 0.574. The molecule has 2 atom stereocenters. The van der Waals surface area contributed by atoms with Gasteiger partial charge in [0.2, 0.25) is 0 Å². The summed E-state index contributed by atoms with van der Waals surface area (Å²) in [6, 6.07) is 3.78. The lowest BCUT2D eigenvalue weighted by Gasteiger charge is -2.35. The number of hydrogen-bond donors (Lipinski definition) is 1. The number of nitrogens with one attached hydrogen (secondary N) is 1. The number of piperidine rings is 1. The summed E-state index contributed by atoms with van der Waals surface area (Å²) >= 11 is 7.48. The van der Waals surface area contributed by atoms with Crippen LogP contribution in [0.15, 0.2) is 12.1 Å². The highest BCUT2D eigenvalue weighted by atomic mass is 127. The second kappa shape index (κ2) is 5.38. The molecule has 0 radical (unpaired) electrons. The molecule has 1 aliphatic rings. The summed E-state index contributed by atoms with van der Waals surface area (Å²) in [6.07, 6.45) is 1.05. The molecule has 2 heterocycles. The van der Waals surface area contributed by atoms with Crippen LogP contribution in [0.5, 0.6) is 0 Å². The third kappa shape index (κ3) is 2.42. The third-order valence-corrected chi connectivity index (χ3v) is 5.28. The van der Waals surface area contributed by atoms with Crippen molar-refractivity contribution in [3.8, 4) is 0 Å². The van der Waals surface area contributed by atoms with Gasteiger partial charge in [0.1, 0.15) is 5.82 Å². The lowest BCUT2D eigenvalue weighted by Crippen LogP contribution is -2.37. The van der Waals surface area contributed by atoms with Crippen LogP contribution in [-0.4, -0.2) is 34.6 Å². The van der Waals surface area contributed by atoms with Crippen LogP contribution < -0.4 is 0 Å². The zero-order chi connectivity index (χ0) is 14.4. The van der Waals surface area contributed by atoms with E-state index in [4.69, 9.17) is 12.2 Å². The smallest absolute Gasteiger partial charge is 0.178 e. The van der Waals surface area contributed by atoms with E-state index in [2.05, 4.69) is 28.4 Å². The van der Waals surface area contributed by atoms with E-state index in [0.29, 0.717) is 20.3 Å². The van der Waals surface area contributed by atoms with Gasteiger partial charge < -0.3 is 14.5 Å². The molecule has 20 heavy (non-hydrogen) atoms. The first-order chi connectivity index (χ1) is 9.47. The summed E-state index contributed by atoms with van der Waals surface area (Å²) in [7, 11) is 2.14. The Hall–Kier alpha value is -0.470. The predicted octanol–water partition coefficient (Wildman–Crippen LogP) is 3.96. The zero-order valence-corrected chi connectivity index (χ0v) is 14.5. The Morgan fingerprint density at radius 3 is 2.90 bits per heavy atom. The van der Waals surface area contributed by atoms with Crippen LogP contribution >= 0.6 is 34.8 Å². The number of nitrogens with zero attached hydrogens (tertiary/aromatic N) is 2. The van der Waals surface area contributed by atoms with E-state index in [1.807, 2.05) is 28.7 Å². The predicted molar refractivity (Wildman–Crippen MR) is 90.1 cm³/mol. The van der Waals surface area contributed by atoms with Crippen LogP contribution in [0, 0.1) is 20.1 Å². The van der Waals surface area contributed by atoms with Gasteiger partial charge >= 0.3 is 0 Å². The summed E-state index contributed by atoms with van der Waals surface area (Å²) in [6.45, 7) is 4.34. The molecular weight excluding hydrogens is 388 g/mol. The van der Waals surface area contributed by atoms with Gasteiger partial charge in [-0.25, -0.2) is 4.39 Å². The van der Waals surface area contributed by atoms with E-state index >= 15 is 0 Å². The zero-order valence-electron chi connectivity index (χ0n) is 11.5. The molecule has 3 rings (SSSR count). The van der Waals surface area contributed by atoms with Gasteiger partial charge in [-0.2, -0.15) is 0 Å². The van der Waals surface area contributed by atoms with Crippen LogP contribution in [0.1, 0.15) is 19.4 Å². The Bertz CT molecular complexity index is 708. The number of halogens is 2. The maximum absolute atomic E-state index is 13.9. The van der Waals surface area contributed by atoms with Gasteiger partial charge in [-0.1, -0.05) is 6.92 Å². The lowest BCUT2D eigenvalue weighted by molar-refractivity contribution is 0.160. The monoisotopic (exact) mass is 405 g/mol. The molecule has 6 heteroatoms. The SMILES string of the molecule is CC1CN(C)CCC1n1c(=S)[nH]c2cc(I)c(F)cc21. The molecular formula is C14H17FIN3S. The largest absolute Gasteiger partial charge is 0.331 e. The molecule has 2 aromatic rings. The first-order valence-electron chi connectivity index (χ1n) is 6.75. The van der Waals surface area contributed by atoms with Gasteiger partial charge in [0.05, 0.1) is 14.6 Å². The maximum atomic E-state index is 13.9. The molecule has 0 aliphatic carbocycles. The van der Waals surface area contributed by atoms with Crippen molar-refractivity contribution in [3.05, 3.63) is 26.3 Å². The number of likely N-dealkylation sites (tertiary alicyclic amines) is 1. The fraction of sp³-hybridized carbons (Fsp3) is 0.500. The van der Waals surface area contributed by atoms with Crippen molar-refractivity contribution >= 4 is 45.8 Å². The summed E-state index contributed by atoms with van der Waals surface area (Å²) in [5, 5.41) is 0. The summed E-state index contributed by atoms with van der Waals surface area (Å²) in [5.74, 6) is 0.322. The first-order valence-corrected chi connectivity index (χ1v) is 8.24.